The van der Waals surface area contributed by atoms with Crippen LogP contribution in [0.3, 0.4) is 0 Å². The Morgan fingerprint density at radius 1 is 1.20 bits per heavy atom. The van der Waals surface area contributed by atoms with Crippen LogP contribution in [0.2, 0.25) is 5.02 Å². The molecule has 5 nitrogen and oxygen atoms in total. The van der Waals surface area contributed by atoms with E-state index >= 15 is 0 Å². The predicted molar refractivity (Wildman–Crippen MR) is 101 cm³/mol. The fraction of sp³-hybridized carbons (Fsp3) is 0.167. The first-order chi connectivity index (χ1) is 12.0. The monoisotopic (exact) mass is 373 g/mol. The summed E-state index contributed by atoms with van der Waals surface area (Å²) >= 11 is 7.33. The van der Waals surface area contributed by atoms with E-state index < -0.39 is 0 Å². The van der Waals surface area contributed by atoms with Crippen molar-refractivity contribution < 1.29 is 9.59 Å². The number of benzene rings is 2. The van der Waals surface area contributed by atoms with Gasteiger partial charge in [-0.25, -0.2) is 4.98 Å². The molecule has 3 rings (SSSR count). The SMILES string of the molecule is CC(=O)NC(CC(=O)Nc1nc2ccc(Cl)cc2s1)c1ccccc1. The minimum atomic E-state index is -0.387. The van der Waals surface area contributed by atoms with E-state index in [9.17, 15) is 9.59 Å². The van der Waals surface area contributed by atoms with E-state index in [1.54, 1.807) is 6.07 Å². The number of anilines is 1. The van der Waals surface area contributed by atoms with Crippen LogP contribution in [0.5, 0.6) is 0 Å². The van der Waals surface area contributed by atoms with E-state index in [0.717, 1.165) is 15.8 Å². The molecular formula is C18H16ClN3O2S. The summed E-state index contributed by atoms with van der Waals surface area (Å²) in [5, 5.41) is 6.75. The van der Waals surface area contributed by atoms with E-state index in [2.05, 4.69) is 15.6 Å². The van der Waals surface area contributed by atoms with Crippen molar-refractivity contribution in [2.24, 2.45) is 0 Å². The molecule has 0 bridgehead atoms. The van der Waals surface area contributed by atoms with Gasteiger partial charge in [0.25, 0.3) is 0 Å². The van der Waals surface area contributed by atoms with Crippen LogP contribution in [0, 0.1) is 0 Å². The van der Waals surface area contributed by atoms with Crippen LogP contribution >= 0.6 is 22.9 Å². The number of hydrogen-bond acceptors (Lipinski definition) is 4. The summed E-state index contributed by atoms with van der Waals surface area (Å²) in [6, 6.07) is 14.4. The summed E-state index contributed by atoms with van der Waals surface area (Å²) < 4.78 is 0.907. The van der Waals surface area contributed by atoms with E-state index in [1.807, 2.05) is 42.5 Å². The molecule has 0 aliphatic carbocycles. The summed E-state index contributed by atoms with van der Waals surface area (Å²) in [4.78, 5) is 28.2. The Labute approximate surface area is 154 Å². The molecule has 0 spiro atoms. The van der Waals surface area contributed by atoms with Crippen molar-refractivity contribution in [2.45, 2.75) is 19.4 Å². The molecule has 1 atom stereocenters. The van der Waals surface area contributed by atoms with Gasteiger partial charge in [0.15, 0.2) is 5.13 Å². The van der Waals surface area contributed by atoms with Gasteiger partial charge in [-0.2, -0.15) is 0 Å². The van der Waals surface area contributed by atoms with E-state index in [1.165, 1.54) is 18.3 Å². The average molecular weight is 374 g/mol. The quantitative estimate of drug-likeness (QED) is 0.705. The van der Waals surface area contributed by atoms with Crippen LogP contribution < -0.4 is 10.6 Å². The molecule has 2 amide bonds. The fourth-order valence-electron chi connectivity index (χ4n) is 2.49. The van der Waals surface area contributed by atoms with Crippen LogP contribution in [0.15, 0.2) is 48.5 Å². The predicted octanol–water partition coefficient (Wildman–Crippen LogP) is 4.16. The molecule has 1 heterocycles. The third-order valence-electron chi connectivity index (χ3n) is 3.57. The molecule has 0 aliphatic rings. The maximum atomic E-state index is 12.4. The number of nitrogens with one attached hydrogen (secondary N) is 2. The molecule has 2 N–H and O–H groups in total. The second-order valence-corrected chi connectivity index (χ2v) is 7.01. The molecule has 25 heavy (non-hydrogen) atoms. The highest BCUT2D eigenvalue weighted by Gasteiger charge is 2.18. The molecule has 7 heteroatoms. The van der Waals surface area contributed by atoms with Gasteiger partial charge in [-0.3, -0.25) is 9.59 Å². The molecular weight excluding hydrogens is 358 g/mol. The first-order valence-electron chi connectivity index (χ1n) is 7.69. The fourth-order valence-corrected chi connectivity index (χ4v) is 3.65. The van der Waals surface area contributed by atoms with Crippen LogP contribution in [-0.2, 0) is 9.59 Å². The van der Waals surface area contributed by atoms with Crippen molar-refractivity contribution in [2.75, 3.05) is 5.32 Å². The molecule has 3 aromatic rings. The molecule has 0 aliphatic heterocycles. The minimum Gasteiger partial charge on any atom is -0.349 e. The van der Waals surface area contributed by atoms with E-state index in [-0.39, 0.29) is 24.3 Å². The van der Waals surface area contributed by atoms with Crippen molar-refractivity contribution in [1.29, 1.82) is 0 Å². The van der Waals surface area contributed by atoms with Gasteiger partial charge >= 0.3 is 0 Å². The lowest BCUT2D eigenvalue weighted by molar-refractivity contribution is -0.120. The number of rotatable bonds is 5. The van der Waals surface area contributed by atoms with Crippen LogP contribution in [0.1, 0.15) is 24.9 Å². The molecule has 0 saturated heterocycles. The van der Waals surface area contributed by atoms with Crippen molar-refractivity contribution in [3.05, 3.63) is 59.1 Å². The van der Waals surface area contributed by atoms with Gasteiger partial charge in [0.2, 0.25) is 11.8 Å². The third-order valence-corrected chi connectivity index (χ3v) is 4.73. The van der Waals surface area contributed by atoms with Crippen molar-refractivity contribution in [3.8, 4) is 0 Å². The summed E-state index contributed by atoms with van der Waals surface area (Å²) in [5.74, 6) is -0.399. The molecule has 1 unspecified atom stereocenters. The molecule has 2 aromatic carbocycles. The molecule has 1 aromatic heterocycles. The Kier molecular flexibility index (Phi) is 5.31. The zero-order chi connectivity index (χ0) is 17.8. The number of amides is 2. The number of carbonyl (C=O) groups is 2. The van der Waals surface area contributed by atoms with Crippen LogP contribution in [0.4, 0.5) is 5.13 Å². The highest BCUT2D eigenvalue weighted by molar-refractivity contribution is 7.22. The highest BCUT2D eigenvalue weighted by Crippen LogP contribution is 2.28. The number of carbonyl (C=O) groups excluding carboxylic acids is 2. The lowest BCUT2D eigenvalue weighted by Gasteiger charge is -2.17. The van der Waals surface area contributed by atoms with Gasteiger partial charge in [-0.05, 0) is 23.8 Å². The van der Waals surface area contributed by atoms with Gasteiger partial charge in [0.1, 0.15) is 0 Å². The number of hydrogen-bond donors (Lipinski definition) is 2. The third kappa shape index (κ3) is 4.55. The van der Waals surface area contributed by atoms with E-state index in [4.69, 9.17) is 11.6 Å². The first-order valence-corrected chi connectivity index (χ1v) is 8.89. The summed E-state index contributed by atoms with van der Waals surface area (Å²) in [6.07, 6.45) is 0.125. The summed E-state index contributed by atoms with van der Waals surface area (Å²) in [7, 11) is 0. The lowest BCUT2D eigenvalue weighted by atomic mass is 10.0. The van der Waals surface area contributed by atoms with Gasteiger partial charge < -0.3 is 10.6 Å². The van der Waals surface area contributed by atoms with Crippen LogP contribution in [0.25, 0.3) is 10.2 Å². The van der Waals surface area contributed by atoms with Crippen molar-refractivity contribution in [3.63, 3.8) is 0 Å². The number of thiazole rings is 1. The second-order valence-electron chi connectivity index (χ2n) is 5.55. The molecule has 0 saturated carbocycles. The van der Waals surface area contributed by atoms with Gasteiger partial charge in [-0.1, -0.05) is 53.3 Å². The van der Waals surface area contributed by atoms with Gasteiger partial charge in [0.05, 0.1) is 22.7 Å². The van der Waals surface area contributed by atoms with Crippen molar-refractivity contribution in [1.82, 2.24) is 10.3 Å². The Morgan fingerprint density at radius 2 is 1.96 bits per heavy atom. The Balaban J connectivity index is 1.73. The van der Waals surface area contributed by atoms with Gasteiger partial charge in [0, 0.05) is 11.9 Å². The molecule has 0 fully saturated rings. The van der Waals surface area contributed by atoms with Crippen molar-refractivity contribution >= 4 is 50.1 Å². The topological polar surface area (TPSA) is 71.1 Å². The average Bonchev–Trinajstić information content (AvgIpc) is 2.95. The Bertz CT molecular complexity index is 911. The lowest BCUT2D eigenvalue weighted by Crippen LogP contribution is -2.29. The minimum absolute atomic E-state index is 0.125. The zero-order valence-electron chi connectivity index (χ0n) is 13.5. The summed E-state index contributed by atoms with van der Waals surface area (Å²) in [5.41, 5.74) is 1.66. The Morgan fingerprint density at radius 3 is 2.68 bits per heavy atom. The highest BCUT2D eigenvalue weighted by atomic mass is 35.5. The number of nitrogens with zero attached hydrogens (tertiary/aromatic N) is 1. The second kappa shape index (κ2) is 7.63. The molecule has 0 radical (unpaired) electrons. The standard InChI is InChI=1S/C18H16ClN3O2S/c1-11(23)20-15(12-5-3-2-4-6-12)10-17(24)22-18-21-14-8-7-13(19)9-16(14)25-18/h2-9,15H,10H2,1H3,(H,20,23)(H,21,22,24). The summed E-state index contributed by atoms with van der Waals surface area (Å²) in [6.45, 7) is 1.44. The maximum Gasteiger partial charge on any atom is 0.228 e. The smallest absolute Gasteiger partial charge is 0.228 e. The largest absolute Gasteiger partial charge is 0.349 e. The normalized spacial score (nSPS) is 11.9. The van der Waals surface area contributed by atoms with Gasteiger partial charge in [-0.15, -0.1) is 0 Å². The number of halogens is 1. The zero-order valence-corrected chi connectivity index (χ0v) is 15.0. The Hall–Kier alpha value is -2.44. The van der Waals surface area contributed by atoms with Crippen LogP contribution in [-0.4, -0.2) is 16.8 Å². The first kappa shape index (κ1) is 17.4. The number of fused-ring (bicyclic) bond motifs is 1. The number of aromatic nitrogens is 1. The maximum absolute atomic E-state index is 12.4. The van der Waals surface area contributed by atoms with E-state index in [0.29, 0.717) is 10.2 Å². The molecule has 128 valence electrons.